The molecule has 0 aromatic heterocycles. The highest BCUT2D eigenvalue weighted by Crippen LogP contribution is 2.15. The molecule has 1 rings (SSSR count). The summed E-state index contributed by atoms with van der Waals surface area (Å²) in [6.07, 6.45) is 0.269. The quantitative estimate of drug-likeness (QED) is 0.652. The molecular weight excluding hydrogens is 230 g/mol. The molecule has 1 amide bonds. The van der Waals surface area contributed by atoms with Crippen LogP contribution in [0.5, 0.6) is 0 Å². The molecule has 0 heterocycles. The maximum atomic E-state index is 11.9. The molecule has 0 aliphatic carbocycles. The number of hydrogen-bond donors (Lipinski definition) is 1. The van der Waals surface area contributed by atoms with Gasteiger partial charge in [0, 0.05) is 0 Å². The molecular formula is C14H19NO3. The highest BCUT2D eigenvalue weighted by molar-refractivity contribution is 5.97. The van der Waals surface area contributed by atoms with Crippen LogP contribution >= 0.6 is 0 Å². The third kappa shape index (κ3) is 4.57. The van der Waals surface area contributed by atoms with Gasteiger partial charge in [0.05, 0.1) is 0 Å². The van der Waals surface area contributed by atoms with E-state index in [1.165, 1.54) is 0 Å². The summed E-state index contributed by atoms with van der Waals surface area (Å²) in [7, 11) is 0. The van der Waals surface area contributed by atoms with E-state index >= 15 is 0 Å². The second-order valence-corrected chi connectivity index (χ2v) is 5.18. The molecule has 0 radical (unpaired) electrons. The second-order valence-electron chi connectivity index (χ2n) is 5.18. The molecule has 2 N–H and O–H groups in total. The van der Waals surface area contributed by atoms with Crippen LogP contribution in [0.25, 0.3) is 0 Å². The SMILES string of the molecule is CC(C)(C)OC(=O)[C@@H](Cc1ccccc1)C(N)=O. The van der Waals surface area contributed by atoms with Crippen LogP contribution < -0.4 is 5.73 Å². The van der Waals surface area contributed by atoms with Gasteiger partial charge in [-0.2, -0.15) is 0 Å². The average molecular weight is 249 g/mol. The predicted molar refractivity (Wildman–Crippen MR) is 68.7 cm³/mol. The van der Waals surface area contributed by atoms with Crippen LogP contribution in [0.4, 0.5) is 0 Å². The van der Waals surface area contributed by atoms with Crippen LogP contribution in [0.2, 0.25) is 0 Å². The first-order valence-electron chi connectivity index (χ1n) is 5.86. The van der Waals surface area contributed by atoms with Crippen LogP contribution in [0.1, 0.15) is 26.3 Å². The molecule has 18 heavy (non-hydrogen) atoms. The van der Waals surface area contributed by atoms with Crippen molar-refractivity contribution in [3.8, 4) is 0 Å². The van der Waals surface area contributed by atoms with Gasteiger partial charge in [-0.25, -0.2) is 0 Å². The van der Waals surface area contributed by atoms with Crippen molar-refractivity contribution in [1.29, 1.82) is 0 Å². The van der Waals surface area contributed by atoms with E-state index in [2.05, 4.69) is 0 Å². The summed E-state index contributed by atoms with van der Waals surface area (Å²) in [5, 5.41) is 0. The highest BCUT2D eigenvalue weighted by atomic mass is 16.6. The van der Waals surface area contributed by atoms with E-state index in [0.29, 0.717) is 0 Å². The fourth-order valence-electron chi connectivity index (χ4n) is 1.52. The number of benzene rings is 1. The first kappa shape index (κ1) is 14.2. The molecule has 4 nitrogen and oxygen atoms in total. The summed E-state index contributed by atoms with van der Waals surface area (Å²) in [6.45, 7) is 5.27. The van der Waals surface area contributed by atoms with Crippen molar-refractivity contribution in [1.82, 2.24) is 0 Å². The summed E-state index contributed by atoms with van der Waals surface area (Å²) in [4.78, 5) is 23.2. The Kier molecular flexibility index (Phi) is 4.48. The summed E-state index contributed by atoms with van der Waals surface area (Å²) in [5.74, 6) is -2.17. The lowest BCUT2D eigenvalue weighted by Gasteiger charge is -2.22. The fraction of sp³-hybridized carbons (Fsp3) is 0.429. The predicted octanol–water partition coefficient (Wildman–Crippen LogP) is 1.67. The minimum Gasteiger partial charge on any atom is -0.459 e. The Hall–Kier alpha value is -1.84. The number of hydrogen-bond acceptors (Lipinski definition) is 3. The Balaban J connectivity index is 2.78. The number of primary amides is 1. The lowest BCUT2D eigenvalue weighted by molar-refractivity contribution is -0.161. The van der Waals surface area contributed by atoms with Gasteiger partial charge in [-0.15, -0.1) is 0 Å². The molecule has 0 saturated heterocycles. The van der Waals surface area contributed by atoms with Crippen molar-refractivity contribution in [3.05, 3.63) is 35.9 Å². The van der Waals surface area contributed by atoms with Crippen LogP contribution in [-0.4, -0.2) is 17.5 Å². The Morgan fingerprint density at radius 2 is 1.78 bits per heavy atom. The number of carbonyl (C=O) groups is 2. The maximum Gasteiger partial charge on any atom is 0.319 e. The van der Waals surface area contributed by atoms with Gasteiger partial charge < -0.3 is 10.5 Å². The molecule has 1 aromatic rings. The number of rotatable bonds is 4. The van der Waals surface area contributed by atoms with E-state index in [9.17, 15) is 9.59 Å². The smallest absolute Gasteiger partial charge is 0.319 e. The Morgan fingerprint density at radius 3 is 2.22 bits per heavy atom. The van der Waals surface area contributed by atoms with Gasteiger partial charge in [0.1, 0.15) is 11.5 Å². The van der Waals surface area contributed by atoms with Gasteiger partial charge in [0.15, 0.2) is 0 Å². The van der Waals surface area contributed by atoms with Gasteiger partial charge >= 0.3 is 5.97 Å². The standard InChI is InChI=1S/C14H19NO3/c1-14(2,3)18-13(17)11(12(15)16)9-10-7-5-4-6-8-10/h4-8,11H,9H2,1-3H3,(H2,15,16)/t11-/m0/s1. The third-order valence-corrected chi connectivity index (χ3v) is 2.32. The van der Waals surface area contributed by atoms with Gasteiger partial charge in [-0.1, -0.05) is 30.3 Å². The summed E-state index contributed by atoms with van der Waals surface area (Å²) >= 11 is 0. The lowest BCUT2D eigenvalue weighted by atomic mass is 9.98. The first-order chi connectivity index (χ1) is 8.29. The normalized spacial score (nSPS) is 12.8. The molecule has 1 aromatic carbocycles. The average Bonchev–Trinajstić information content (AvgIpc) is 2.24. The van der Waals surface area contributed by atoms with Crippen molar-refractivity contribution in [2.75, 3.05) is 0 Å². The molecule has 4 heteroatoms. The molecule has 98 valence electrons. The van der Waals surface area contributed by atoms with E-state index < -0.39 is 23.4 Å². The number of esters is 1. The van der Waals surface area contributed by atoms with Crippen molar-refractivity contribution in [3.63, 3.8) is 0 Å². The van der Waals surface area contributed by atoms with E-state index in [4.69, 9.17) is 10.5 Å². The van der Waals surface area contributed by atoms with Crippen molar-refractivity contribution >= 4 is 11.9 Å². The van der Waals surface area contributed by atoms with Crippen molar-refractivity contribution < 1.29 is 14.3 Å². The molecule has 0 saturated carbocycles. The third-order valence-electron chi connectivity index (χ3n) is 2.32. The Morgan fingerprint density at radius 1 is 1.22 bits per heavy atom. The topological polar surface area (TPSA) is 69.4 Å². The minimum absolute atomic E-state index is 0.269. The molecule has 0 fully saturated rings. The van der Waals surface area contributed by atoms with Gasteiger partial charge in [0.25, 0.3) is 0 Å². The summed E-state index contributed by atoms with van der Waals surface area (Å²) < 4.78 is 5.19. The van der Waals surface area contributed by atoms with Crippen LogP contribution in [0.15, 0.2) is 30.3 Å². The fourth-order valence-corrected chi connectivity index (χ4v) is 1.52. The van der Waals surface area contributed by atoms with Gasteiger partial charge in [-0.05, 0) is 32.8 Å². The van der Waals surface area contributed by atoms with Crippen LogP contribution in [0, 0.1) is 5.92 Å². The molecule has 0 spiro atoms. The number of nitrogens with two attached hydrogens (primary N) is 1. The summed E-state index contributed by atoms with van der Waals surface area (Å²) in [6, 6.07) is 9.27. The van der Waals surface area contributed by atoms with E-state index in [1.54, 1.807) is 20.8 Å². The number of amides is 1. The maximum absolute atomic E-state index is 11.9. The molecule has 0 unspecified atom stereocenters. The molecule has 0 bridgehead atoms. The highest BCUT2D eigenvalue weighted by Gasteiger charge is 2.29. The Bertz CT molecular complexity index is 420. The Labute approximate surface area is 107 Å². The lowest BCUT2D eigenvalue weighted by Crippen LogP contribution is -2.37. The molecule has 0 aliphatic heterocycles. The van der Waals surface area contributed by atoms with Crippen molar-refractivity contribution in [2.24, 2.45) is 11.7 Å². The zero-order valence-corrected chi connectivity index (χ0v) is 11.0. The number of carbonyl (C=O) groups excluding carboxylic acids is 2. The molecule has 1 atom stereocenters. The van der Waals surface area contributed by atoms with Gasteiger partial charge in [-0.3, -0.25) is 9.59 Å². The van der Waals surface area contributed by atoms with Crippen LogP contribution in [-0.2, 0) is 20.7 Å². The number of ether oxygens (including phenoxy) is 1. The monoisotopic (exact) mass is 249 g/mol. The summed E-state index contributed by atoms with van der Waals surface area (Å²) in [5.41, 5.74) is 5.52. The van der Waals surface area contributed by atoms with Gasteiger partial charge in [0.2, 0.25) is 5.91 Å². The zero-order chi connectivity index (χ0) is 13.8. The second kappa shape index (κ2) is 5.67. The van der Waals surface area contributed by atoms with Crippen molar-refractivity contribution in [2.45, 2.75) is 32.8 Å². The molecule has 0 aliphatic rings. The minimum atomic E-state index is -0.938. The van der Waals surface area contributed by atoms with E-state index in [-0.39, 0.29) is 6.42 Å². The van der Waals surface area contributed by atoms with E-state index in [0.717, 1.165) is 5.56 Å². The largest absolute Gasteiger partial charge is 0.459 e. The van der Waals surface area contributed by atoms with Crippen LogP contribution in [0.3, 0.4) is 0 Å². The zero-order valence-electron chi connectivity index (χ0n) is 11.0. The first-order valence-corrected chi connectivity index (χ1v) is 5.86. The van der Waals surface area contributed by atoms with E-state index in [1.807, 2.05) is 30.3 Å².